The van der Waals surface area contributed by atoms with Crippen molar-refractivity contribution in [3.05, 3.63) is 76.9 Å². The molecule has 3 aromatic rings. The van der Waals surface area contributed by atoms with Crippen molar-refractivity contribution in [3.8, 4) is 5.88 Å². The summed E-state index contributed by atoms with van der Waals surface area (Å²) in [5, 5.41) is 7.42. The lowest BCUT2D eigenvalue weighted by Crippen LogP contribution is -2.12. The lowest BCUT2D eigenvalue weighted by molar-refractivity contribution is 0.233. The molecule has 0 amide bonds. The van der Waals surface area contributed by atoms with Crippen molar-refractivity contribution in [2.45, 2.75) is 6.10 Å². The molecule has 2 aromatic carbocycles. The van der Waals surface area contributed by atoms with Crippen molar-refractivity contribution in [3.63, 3.8) is 0 Å². The van der Waals surface area contributed by atoms with Crippen molar-refractivity contribution in [1.82, 2.24) is 10.2 Å². The smallest absolute Gasteiger partial charge is 0.209 e. The molecule has 0 bridgehead atoms. The lowest BCUT2D eigenvalue weighted by Gasteiger charge is -2.21. The van der Waals surface area contributed by atoms with E-state index in [0.717, 1.165) is 16.8 Å². The van der Waals surface area contributed by atoms with E-state index in [1.165, 1.54) is 0 Å². The van der Waals surface area contributed by atoms with E-state index in [2.05, 4.69) is 15.7 Å². The maximum absolute atomic E-state index is 6.10. The molecular formula is C17H16ClN3O2. The van der Waals surface area contributed by atoms with Gasteiger partial charge in [0.05, 0.1) is 19.0 Å². The van der Waals surface area contributed by atoms with Crippen LogP contribution in [0.4, 0.5) is 5.69 Å². The van der Waals surface area contributed by atoms with Gasteiger partial charge in [0.15, 0.2) is 6.10 Å². The van der Waals surface area contributed by atoms with Crippen molar-refractivity contribution in [1.29, 1.82) is 0 Å². The van der Waals surface area contributed by atoms with Crippen LogP contribution in [0.2, 0.25) is 5.02 Å². The van der Waals surface area contributed by atoms with Gasteiger partial charge in [-0.1, -0.05) is 41.9 Å². The van der Waals surface area contributed by atoms with Crippen LogP contribution in [-0.4, -0.2) is 17.3 Å². The molecular weight excluding hydrogens is 314 g/mol. The van der Waals surface area contributed by atoms with Crippen molar-refractivity contribution in [2.75, 3.05) is 12.6 Å². The summed E-state index contributed by atoms with van der Waals surface area (Å²) in [6.07, 6.45) is 1.31. The fourth-order valence-corrected chi connectivity index (χ4v) is 2.44. The van der Waals surface area contributed by atoms with E-state index in [1.807, 2.05) is 48.5 Å². The van der Waals surface area contributed by atoms with Gasteiger partial charge < -0.3 is 4.74 Å². The van der Waals surface area contributed by atoms with Crippen LogP contribution >= 0.6 is 11.6 Å². The van der Waals surface area contributed by atoms with Gasteiger partial charge in [-0.15, -0.1) is 0 Å². The predicted octanol–water partition coefficient (Wildman–Crippen LogP) is 4.20. The van der Waals surface area contributed by atoms with Crippen LogP contribution in [0.1, 0.15) is 17.2 Å². The average molecular weight is 330 g/mol. The number of H-pyrrole nitrogens is 1. The van der Waals surface area contributed by atoms with E-state index in [1.54, 1.807) is 19.4 Å². The average Bonchev–Trinajstić information content (AvgIpc) is 3.08. The molecule has 5 nitrogen and oxygen atoms in total. The van der Waals surface area contributed by atoms with E-state index in [4.69, 9.17) is 21.2 Å². The van der Waals surface area contributed by atoms with E-state index in [9.17, 15) is 0 Å². The Morgan fingerprint density at radius 2 is 1.87 bits per heavy atom. The predicted molar refractivity (Wildman–Crippen MR) is 89.6 cm³/mol. The third-order valence-corrected chi connectivity index (χ3v) is 3.60. The highest BCUT2D eigenvalue weighted by atomic mass is 35.5. The summed E-state index contributed by atoms with van der Waals surface area (Å²) in [5.41, 5.74) is 5.62. The number of hydrogen-bond acceptors (Lipinski definition) is 4. The zero-order chi connectivity index (χ0) is 16.1. The summed E-state index contributed by atoms with van der Waals surface area (Å²) in [5.74, 6) is 0.581. The fourth-order valence-electron chi connectivity index (χ4n) is 2.31. The summed E-state index contributed by atoms with van der Waals surface area (Å²) in [6, 6.07) is 17.1. The maximum atomic E-state index is 6.10. The van der Waals surface area contributed by atoms with Gasteiger partial charge in [-0.25, -0.2) is 5.10 Å². The number of ether oxygens (including phenoxy) is 1. The molecule has 0 fully saturated rings. The van der Waals surface area contributed by atoms with Gasteiger partial charge in [-0.2, -0.15) is 5.10 Å². The van der Waals surface area contributed by atoms with E-state index >= 15 is 0 Å². The first-order valence-corrected chi connectivity index (χ1v) is 7.45. The Morgan fingerprint density at radius 1 is 1.09 bits per heavy atom. The zero-order valence-corrected chi connectivity index (χ0v) is 13.2. The van der Waals surface area contributed by atoms with E-state index < -0.39 is 0 Å². The normalized spacial score (nSPS) is 11.9. The zero-order valence-electron chi connectivity index (χ0n) is 12.5. The number of halogens is 1. The van der Waals surface area contributed by atoms with Crippen LogP contribution in [0.5, 0.6) is 5.88 Å². The second-order valence-electron chi connectivity index (χ2n) is 4.86. The molecule has 1 aromatic heterocycles. The number of aromatic amines is 1. The molecule has 23 heavy (non-hydrogen) atoms. The molecule has 1 heterocycles. The van der Waals surface area contributed by atoms with Gasteiger partial charge in [0.25, 0.3) is 0 Å². The molecule has 118 valence electrons. The van der Waals surface area contributed by atoms with Gasteiger partial charge in [0, 0.05) is 16.7 Å². The van der Waals surface area contributed by atoms with Crippen LogP contribution < -0.4 is 10.2 Å². The van der Waals surface area contributed by atoms with Crippen LogP contribution in [0, 0.1) is 0 Å². The molecule has 1 atom stereocenters. The quantitative estimate of drug-likeness (QED) is 0.665. The molecule has 2 N–H and O–H groups in total. The molecule has 6 heteroatoms. The van der Waals surface area contributed by atoms with Crippen molar-refractivity contribution >= 4 is 17.3 Å². The minimum atomic E-state index is -0.341. The summed E-state index contributed by atoms with van der Waals surface area (Å²) >= 11 is 6.00. The fraction of sp³-hybridized carbons (Fsp3) is 0.118. The van der Waals surface area contributed by atoms with Gasteiger partial charge in [-0.05, 0) is 23.8 Å². The highest BCUT2D eigenvalue weighted by molar-refractivity contribution is 6.30. The highest BCUT2D eigenvalue weighted by Gasteiger charge is 2.20. The topological polar surface area (TPSA) is 59.2 Å². The van der Waals surface area contributed by atoms with Crippen LogP contribution in [0.15, 0.2) is 60.8 Å². The molecule has 0 aliphatic heterocycles. The Kier molecular flexibility index (Phi) is 4.80. The van der Waals surface area contributed by atoms with Gasteiger partial charge >= 0.3 is 0 Å². The summed E-state index contributed by atoms with van der Waals surface area (Å²) in [7, 11) is 1.57. The van der Waals surface area contributed by atoms with Crippen LogP contribution in [0.25, 0.3) is 0 Å². The second kappa shape index (κ2) is 7.17. The summed E-state index contributed by atoms with van der Waals surface area (Å²) in [6.45, 7) is 0. The standard InChI is InChI=1S/C17H16ClN3O2/c1-22-21-15-5-3-2-4-14(15)17(23-16-10-11-19-20-16)12-6-8-13(18)9-7-12/h2-11,17,21H,1H3,(H,19,20). The largest absolute Gasteiger partial charge is 0.465 e. The molecule has 0 aliphatic carbocycles. The van der Waals surface area contributed by atoms with Gasteiger partial charge in [0.1, 0.15) is 0 Å². The highest BCUT2D eigenvalue weighted by Crippen LogP contribution is 2.32. The molecule has 0 saturated carbocycles. The Hall–Kier alpha value is -2.50. The number of nitrogens with zero attached hydrogens (tertiary/aromatic N) is 1. The number of aromatic nitrogens is 2. The SMILES string of the molecule is CONc1ccccc1C(Oc1ccn[nH]1)c1ccc(Cl)cc1. The van der Waals surface area contributed by atoms with Crippen LogP contribution in [0.3, 0.4) is 0 Å². The minimum absolute atomic E-state index is 0.341. The van der Waals surface area contributed by atoms with Gasteiger partial charge in [0.2, 0.25) is 5.88 Å². The first-order chi connectivity index (χ1) is 11.3. The maximum Gasteiger partial charge on any atom is 0.209 e. The number of nitrogens with one attached hydrogen (secondary N) is 2. The van der Waals surface area contributed by atoms with Crippen LogP contribution in [-0.2, 0) is 4.84 Å². The third-order valence-electron chi connectivity index (χ3n) is 3.35. The Labute approximate surface area is 139 Å². The number of para-hydroxylation sites is 1. The molecule has 0 saturated heterocycles. The Morgan fingerprint density at radius 3 is 2.57 bits per heavy atom. The lowest BCUT2D eigenvalue weighted by atomic mass is 10.00. The Balaban J connectivity index is 2.02. The van der Waals surface area contributed by atoms with E-state index in [0.29, 0.717) is 10.9 Å². The Bertz CT molecular complexity index is 745. The second-order valence-corrected chi connectivity index (χ2v) is 5.30. The molecule has 0 spiro atoms. The third kappa shape index (κ3) is 3.64. The van der Waals surface area contributed by atoms with E-state index in [-0.39, 0.29) is 6.10 Å². The van der Waals surface area contributed by atoms with Gasteiger partial charge in [-0.3, -0.25) is 10.3 Å². The number of hydrogen-bond donors (Lipinski definition) is 2. The molecule has 0 aliphatic rings. The molecule has 0 radical (unpaired) electrons. The molecule has 1 unspecified atom stereocenters. The molecule has 3 rings (SSSR count). The first kappa shape index (κ1) is 15.4. The number of rotatable bonds is 6. The monoisotopic (exact) mass is 329 g/mol. The van der Waals surface area contributed by atoms with Crippen molar-refractivity contribution < 1.29 is 9.57 Å². The van der Waals surface area contributed by atoms with Crippen molar-refractivity contribution in [2.24, 2.45) is 0 Å². The summed E-state index contributed by atoms with van der Waals surface area (Å²) < 4.78 is 6.10. The first-order valence-electron chi connectivity index (χ1n) is 7.07. The summed E-state index contributed by atoms with van der Waals surface area (Å²) in [4.78, 5) is 5.06. The number of anilines is 1. The number of benzene rings is 2. The minimum Gasteiger partial charge on any atom is -0.465 e.